The van der Waals surface area contributed by atoms with Gasteiger partial charge in [0.05, 0.1) is 13.4 Å². The Morgan fingerprint density at radius 2 is 1.94 bits per heavy atom. The van der Waals surface area contributed by atoms with Crippen LogP contribution in [0.3, 0.4) is 0 Å². The SMILES string of the molecule is C=CCNC(=O)C(NC(=O)c1ccc(OC)cc1)C1CCN(C(=O)c2ccco2)CC1. The molecule has 1 aliphatic rings. The standard InChI is InChI=1S/C23H27N3O5/c1-3-12-24-22(28)20(25-21(27)17-6-8-18(30-2)9-7-17)16-10-13-26(14-11-16)23(29)19-5-4-15-31-19/h3-9,15-16,20H,1,10-14H2,2H3,(H,24,28)(H,25,27). The van der Waals surface area contributed by atoms with Gasteiger partial charge in [0, 0.05) is 25.2 Å². The smallest absolute Gasteiger partial charge is 0.289 e. The van der Waals surface area contributed by atoms with Crippen molar-refractivity contribution in [2.75, 3.05) is 26.7 Å². The Balaban J connectivity index is 1.67. The fourth-order valence-electron chi connectivity index (χ4n) is 3.64. The van der Waals surface area contributed by atoms with E-state index in [2.05, 4.69) is 17.2 Å². The molecule has 2 aromatic rings. The van der Waals surface area contributed by atoms with E-state index >= 15 is 0 Å². The van der Waals surface area contributed by atoms with Crippen LogP contribution < -0.4 is 15.4 Å². The minimum absolute atomic E-state index is 0.104. The molecule has 8 nitrogen and oxygen atoms in total. The number of nitrogens with one attached hydrogen (secondary N) is 2. The molecule has 1 unspecified atom stereocenters. The molecule has 1 aliphatic heterocycles. The van der Waals surface area contributed by atoms with Gasteiger partial charge in [-0.1, -0.05) is 6.08 Å². The van der Waals surface area contributed by atoms with Crippen LogP contribution in [0.15, 0.2) is 59.7 Å². The molecule has 2 N–H and O–H groups in total. The molecule has 31 heavy (non-hydrogen) atoms. The van der Waals surface area contributed by atoms with Crippen molar-refractivity contribution in [3.8, 4) is 5.75 Å². The van der Waals surface area contributed by atoms with E-state index in [4.69, 9.17) is 9.15 Å². The number of rotatable bonds is 8. The molecule has 8 heteroatoms. The van der Waals surface area contributed by atoms with Crippen LogP contribution in [0.5, 0.6) is 5.75 Å². The van der Waals surface area contributed by atoms with Crippen molar-refractivity contribution in [2.45, 2.75) is 18.9 Å². The van der Waals surface area contributed by atoms with E-state index in [1.807, 2.05) is 0 Å². The van der Waals surface area contributed by atoms with Crippen LogP contribution in [-0.2, 0) is 4.79 Å². The van der Waals surface area contributed by atoms with Crippen LogP contribution in [0, 0.1) is 5.92 Å². The summed E-state index contributed by atoms with van der Waals surface area (Å²) in [6.45, 7) is 4.89. The minimum Gasteiger partial charge on any atom is -0.497 e. The number of amides is 3. The number of methoxy groups -OCH3 is 1. The number of piperidine rings is 1. The van der Waals surface area contributed by atoms with Crippen LogP contribution in [0.4, 0.5) is 0 Å². The van der Waals surface area contributed by atoms with Gasteiger partial charge in [-0.3, -0.25) is 14.4 Å². The van der Waals surface area contributed by atoms with E-state index in [1.165, 1.54) is 6.26 Å². The van der Waals surface area contributed by atoms with Crippen LogP contribution in [-0.4, -0.2) is 55.4 Å². The molecule has 0 bridgehead atoms. The molecule has 3 amide bonds. The van der Waals surface area contributed by atoms with Crippen molar-refractivity contribution >= 4 is 17.7 Å². The van der Waals surface area contributed by atoms with Crippen LogP contribution in [0.2, 0.25) is 0 Å². The van der Waals surface area contributed by atoms with E-state index in [-0.39, 0.29) is 23.6 Å². The minimum atomic E-state index is -0.713. The quantitative estimate of drug-likeness (QED) is 0.632. The third-order valence-corrected chi connectivity index (χ3v) is 5.37. The number of carbonyl (C=O) groups is 3. The lowest BCUT2D eigenvalue weighted by Crippen LogP contribution is -2.53. The van der Waals surface area contributed by atoms with Crippen LogP contribution >= 0.6 is 0 Å². The number of likely N-dealkylation sites (tertiary alicyclic amines) is 1. The maximum atomic E-state index is 12.8. The first-order valence-corrected chi connectivity index (χ1v) is 10.2. The molecule has 1 fully saturated rings. The summed E-state index contributed by atoms with van der Waals surface area (Å²) in [5, 5.41) is 5.65. The Morgan fingerprint density at radius 1 is 1.23 bits per heavy atom. The third kappa shape index (κ3) is 5.53. The summed E-state index contributed by atoms with van der Waals surface area (Å²) in [5.41, 5.74) is 0.438. The molecule has 1 aromatic carbocycles. The lowest BCUT2D eigenvalue weighted by atomic mass is 9.88. The molecule has 3 rings (SSSR count). The van der Waals surface area contributed by atoms with Gasteiger partial charge in [0.1, 0.15) is 11.8 Å². The van der Waals surface area contributed by atoms with Gasteiger partial charge in [0.2, 0.25) is 5.91 Å². The Morgan fingerprint density at radius 3 is 2.52 bits per heavy atom. The molecular weight excluding hydrogens is 398 g/mol. The van der Waals surface area contributed by atoms with Crippen molar-refractivity contribution in [3.05, 3.63) is 66.6 Å². The Bertz CT molecular complexity index is 900. The molecule has 1 aromatic heterocycles. The number of hydrogen-bond acceptors (Lipinski definition) is 5. The molecule has 0 radical (unpaired) electrons. The maximum absolute atomic E-state index is 12.8. The summed E-state index contributed by atoms with van der Waals surface area (Å²) in [4.78, 5) is 39.8. The fraction of sp³-hybridized carbons (Fsp3) is 0.348. The normalized spacial score (nSPS) is 15.1. The van der Waals surface area contributed by atoms with E-state index in [9.17, 15) is 14.4 Å². The second-order valence-electron chi connectivity index (χ2n) is 7.32. The molecule has 1 saturated heterocycles. The first kappa shape index (κ1) is 22.1. The Labute approximate surface area is 181 Å². The summed E-state index contributed by atoms with van der Waals surface area (Å²) in [6, 6.07) is 9.29. The van der Waals surface area contributed by atoms with Gasteiger partial charge in [-0.05, 0) is 55.2 Å². The molecule has 1 atom stereocenters. The monoisotopic (exact) mass is 425 g/mol. The number of furan rings is 1. The highest BCUT2D eigenvalue weighted by atomic mass is 16.5. The zero-order valence-corrected chi connectivity index (χ0v) is 17.5. The first-order chi connectivity index (χ1) is 15.0. The number of carbonyl (C=O) groups excluding carboxylic acids is 3. The second-order valence-corrected chi connectivity index (χ2v) is 7.32. The fourth-order valence-corrected chi connectivity index (χ4v) is 3.64. The predicted octanol–water partition coefficient (Wildman–Crippen LogP) is 2.24. The zero-order chi connectivity index (χ0) is 22.2. The second kappa shape index (κ2) is 10.5. The topological polar surface area (TPSA) is 101 Å². The van der Waals surface area contributed by atoms with Gasteiger partial charge in [0.15, 0.2) is 5.76 Å². The van der Waals surface area contributed by atoms with Crippen molar-refractivity contribution in [3.63, 3.8) is 0 Å². The number of hydrogen-bond donors (Lipinski definition) is 2. The molecule has 164 valence electrons. The Hall–Kier alpha value is -3.55. The first-order valence-electron chi connectivity index (χ1n) is 10.2. The van der Waals surface area contributed by atoms with E-state index in [1.54, 1.807) is 54.5 Å². The molecule has 0 saturated carbocycles. The highest BCUT2D eigenvalue weighted by molar-refractivity contribution is 5.97. The average Bonchev–Trinajstić information content (AvgIpc) is 3.35. The Kier molecular flexibility index (Phi) is 7.48. The molecule has 2 heterocycles. The summed E-state index contributed by atoms with van der Waals surface area (Å²) >= 11 is 0. The van der Waals surface area contributed by atoms with Crippen molar-refractivity contribution < 1.29 is 23.5 Å². The third-order valence-electron chi connectivity index (χ3n) is 5.37. The number of ether oxygens (including phenoxy) is 1. The highest BCUT2D eigenvalue weighted by Crippen LogP contribution is 2.23. The van der Waals surface area contributed by atoms with Crippen molar-refractivity contribution in [1.82, 2.24) is 15.5 Å². The van der Waals surface area contributed by atoms with Gasteiger partial charge in [-0.25, -0.2) is 0 Å². The highest BCUT2D eigenvalue weighted by Gasteiger charge is 2.34. The van der Waals surface area contributed by atoms with Gasteiger partial charge in [0.25, 0.3) is 11.8 Å². The summed E-state index contributed by atoms with van der Waals surface area (Å²) in [7, 11) is 1.55. The van der Waals surface area contributed by atoms with Crippen LogP contribution in [0.25, 0.3) is 0 Å². The molecule has 0 aliphatic carbocycles. The number of benzene rings is 1. The molecular formula is C23H27N3O5. The largest absolute Gasteiger partial charge is 0.497 e. The predicted molar refractivity (Wildman–Crippen MR) is 115 cm³/mol. The van der Waals surface area contributed by atoms with Gasteiger partial charge >= 0.3 is 0 Å². The van der Waals surface area contributed by atoms with Gasteiger partial charge < -0.3 is 24.7 Å². The number of nitrogens with zero attached hydrogens (tertiary/aromatic N) is 1. The molecule has 0 spiro atoms. The average molecular weight is 425 g/mol. The van der Waals surface area contributed by atoms with Gasteiger partial charge in [-0.2, -0.15) is 0 Å². The summed E-state index contributed by atoms with van der Waals surface area (Å²) < 4.78 is 10.3. The lowest BCUT2D eigenvalue weighted by Gasteiger charge is -2.35. The maximum Gasteiger partial charge on any atom is 0.289 e. The zero-order valence-electron chi connectivity index (χ0n) is 17.5. The van der Waals surface area contributed by atoms with Crippen LogP contribution in [0.1, 0.15) is 33.8 Å². The summed E-state index contributed by atoms with van der Waals surface area (Å²) in [5.74, 6) is 0.0658. The van der Waals surface area contributed by atoms with E-state index < -0.39 is 6.04 Å². The van der Waals surface area contributed by atoms with Crippen molar-refractivity contribution in [1.29, 1.82) is 0 Å². The van der Waals surface area contributed by atoms with Gasteiger partial charge in [-0.15, -0.1) is 6.58 Å². The van der Waals surface area contributed by atoms with E-state index in [0.29, 0.717) is 49.5 Å². The van der Waals surface area contributed by atoms with E-state index in [0.717, 1.165) is 0 Å². The lowest BCUT2D eigenvalue weighted by molar-refractivity contribution is -0.124. The summed E-state index contributed by atoms with van der Waals surface area (Å²) in [6.07, 6.45) is 4.22. The van der Waals surface area contributed by atoms with Crippen molar-refractivity contribution in [2.24, 2.45) is 5.92 Å².